The van der Waals surface area contributed by atoms with Gasteiger partial charge in [0, 0.05) is 11.4 Å². The highest BCUT2D eigenvalue weighted by Gasteiger charge is 2.55. The third kappa shape index (κ3) is 7.00. The Morgan fingerprint density at radius 2 is 1.50 bits per heavy atom. The van der Waals surface area contributed by atoms with E-state index >= 15 is 4.39 Å². The molecule has 0 aliphatic carbocycles. The highest BCUT2D eigenvalue weighted by Crippen LogP contribution is 2.64. The van der Waals surface area contributed by atoms with E-state index in [9.17, 15) is 23.9 Å². The first kappa shape index (κ1) is 36.9. The van der Waals surface area contributed by atoms with Crippen molar-refractivity contribution in [1.82, 2.24) is 39.0 Å². The van der Waals surface area contributed by atoms with Crippen molar-refractivity contribution in [3.8, 4) is 0 Å². The lowest BCUT2D eigenvalue weighted by Gasteiger charge is -2.28. The number of nitrogen functional groups attached to an aromatic ring is 2. The van der Waals surface area contributed by atoms with Crippen molar-refractivity contribution in [2.24, 2.45) is 5.41 Å². The number of phosphoric ester groups is 1. The number of aromatic nitrogens is 8. The van der Waals surface area contributed by atoms with Crippen LogP contribution in [0.1, 0.15) is 33.2 Å². The van der Waals surface area contributed by atoms with Gasteiger partial charge in [0.05, 0.1) is 31.3 Å². The summed E-state index contributed by atoms with van der Waals surface area (Å²) in [7, 11) is -5.15. The van der Waals surface area contributed by atoms with Crippen LogP contribution in [0, 0.1) is 5.41 Å². The molecule has 0 radical (unpaired) electrons. The molecule has 10 unspecified atom stereocenters. The Hall–Kier alpha value is -3.41. The average molecular weight is 791 g/mol. The summed E-state index contributed by atoms with van der Waals surface area (Å²) >= 11 is 0.441. The maximum absolute atomic E-state index is 16.3. The van der Waals surface area contributed by atoms with Crippen LogP contribution in [0.25, 0.3) is 22.3 Å². The quantitative estimate of drug-likeness (QED) is 0.127. The lowest BCUT2D eigenvalue weighted by molar-refractivity contribution is -0.150. The van der Waals surface area contributed by atoms with Crippen LogP contribution in [0.15, 0.2) is 25.3 Å². The molecule has 10 atom stereocenters. The molecular formula is C26H33FN10O12P2S. The van der Waals surface area contributed by atoms with Gasteiger partial charge in [-0.05, 0) is 20.8 Å². The van der Waals surface area contributed by atoms with E-state index in [0.29, 0.717) is 11.4 Å². The number of aliphatic hydroxyl groups excluding tert-OH is 1. The first-order valence-corrected chi connectivity index (χ1v) is 20.1. The summed E-state index contributed by atoms with van der Waals surface area (Å²) in [5.74, 6) is -1.14. The highest BCUT2D eigenvalue weighted by molar-refractivity contribution is 8.55. The van der Waals surface area contributed by atoms with Gasteiger partial charge in [-0.1, -0.05) is 0 Å². The Morgan fingerprint density at radius 1 is 0.923 bits per heavy atom. The fraction of sp³-hybridized carbons (Fsp3) is 0.577. The van der Waals surface area contributed by atoms with Crippen LogP contribution in [0.5, 0.6) is 0 Å². The average Bonchev–Trinajstić information content (AvgIpc) is 3.84. The number of alkyl halides is 1. The third-order valence-corrected chi connectivity index (χ3v) is 12.6. The number of carbonyl (C=O) groups excluding carboxylic acids is 1. The number of carbonyl (C=O) groups is 1. The number of anilines is 2. The Kier molecular flexibility index (Phi) is 9.78. The summed E-state index contributed by atoms with van der Waals surface area (Å²) in [6.45, 7) is -1.31. The van der Waals surface area contributed by atoms with Crippen LogP contribution in [0.4, 0.5) is 16.0 Å². The summed E-state index contributed by atoms with van der Waals surface area (Å²) in [5, 5.41) is 11.4. The molecule has 4 aromatic rings. The number of phosphoric acid groups is 1. The van der Waals surface area contributed by atoms with E-state index in [1.807, 2.05) is 0 Å². The Morgan fingerprint density at radius 3 is 2.12 bits per heavy atom. The van der Waals surface area contributed by atoms with Gasteiger partial charge in [-0.2, -0.15) is 0 Å². The normalized spacial score (nSPS) is 34.4. The van der Waals surface area contributed by atoms with Crippen molar-refractivity contribution < 1.29 is 60.6 Å². The zero-order valence-corrected chi connectivity index (χ0v) is 30.0. The molecule has 26 heteroatoms. The summed E-state index contributed by atoms with van der Waals surface area (Å²) in [6, 6.07) is 0. The Balaban J connectivity index is 1.23. The van der Waals surface area contributed by atoms with Crippen molar-refractivity contribution in [3.05, 3.63) is 25.3 Å². The van der Waals surface area contributed by atoms with E-state index < -0.39 is 94.3 Å². The highest BCUT2D eigenvalue weighted by atomic mass is 32.7. The molecule has 3 fully saturated rings. The van der Waals surface area contributed by atoms with Gasteiger partial charge in [0.1, 0.15) is 60.1 Å². The molecule has 7 heterocycles. The fourth-order valence-corrected chi connectivity index (χ4v) is 9.34. The predicted octanol–water partition coefficient (Wildman–Crippen LogP) is 1.63. The van der Waals surface area contributed by atoms with Crippen LogP contribution in [-0.4, -0.2) is 111 Å². The van der Waals surface area contributed by atoms with Crippen LogP contribution in [-0.2, 0) is 46.2 Å². The van der Waals surface area contributed by atoms with Gasteiger partial charge in [-0.15, -0.1) is 0 Å². The Bertz CT molecular complexity index is 2090. The third-order valence-electron chi connectivity index (χ3n) is 8.22. The van der Waals surface area contributed by atoms with Crippen LogP contribution < -0.4 is 11.5 Å². The number of rotatable bonds is 5. The van der Waals surface area contributed by atoms with E-state index in [2.05, 4.69) is 29.9 Å². The van der Waals surface area contributed by atoms with Gasteiger partial charge in [0.2, 0.25) is 0 Å². The van der Waals surface area contributed by atoms with E-state index in [1.54, 1.807) is 20.8 Å². The number of imidazole rings is 2. The zero-order valence-electron chi connectivity index (χ0n) is 27.4. The lowest BCUT2D eigenvalue weighted by Crippen LogP contribution is -2.35. The molecule has 3 saturated heterocycles. The van der Waals surface area contributed by atoms with Gasteiger partial charge >= 0.3 is 20.6 Å². The van der Waals surface area contributed by atoms with Crippen LogP contribution >= 0.6 is 26.0 Å². The molecule has 7 rings (SSSR count). The molecular weight excluding hydrogens is 757 g/mol. The molecule has 6 N–H and O–H groups in total. The minimum atomic E-state index is -5.15. The van der Waals surface area contributed by atoms with Crippen molar-refractivity contribution in [2.75, 3.05) is 30.6 Å². The molecule has 0 aromatic carbocycles. The maximum Gasteiger partial charge on any atom is 0.472 e. The number of esters is 1. The van der Waals surface area contributed by atoms with Gasteiger partial charge in [-0.3, -0.25) is 32.0 Å². The maximum atomic E-state index is 16.3. The second-order valence-corrected chi connectivity index (χ2v) is 18.2. The van der Waals surface area contributed by atoms with Crippen LogP contribution in [0.2, 0.25) is 0 Å². The second-order valence-electron chi connectivity index (χ2n) is 12.8. The summed E-state index contributed by atoms with van der Waals surface area (Å²) in [6.07, 6.45) is -8.49. The number of halogens is 1. The summed E-state index contributed by atoms with van der Waals surface area (Å²) < 4.78 is 86.2. The summed E-state index contributed by atoms with van der Waals surface area (Å²) in [4.78, 5) is 47.6. The molecule has 282 valence electrons. The van der Waals surface area contributed by atoms with Gasteiger partial charge in [0.15, 0.2) is 41.6 Å². The molecule has 3 aliphatic heterocycles. The molecule has 52 heavy (non-hydrogen) atoms. The minimum absolute atomic E-state index is 0.00627. The zero-order chi connectivity index (χ0) is 37.2. The van der Waals surface area contributed by atoms with E-state index in [4.69, 9.17) is 43.8 Å². The number of aliphatic hydroxyl groups is 1. The van der Waals surface area contributed by atoms with Crippen LogP contribution in [0.3, 0.4) is 0 Å². The molecule has 0 amide bonds. The van der Waals surface area contributed by atoms with E-state index in [-0.39, 0.29) is 34.0 Å². The van der Waals surface area contributed by atoms with Crippen molar-refractivity contribution in [3.63, 3.8) is 0 Å². The first-order chi connectivity index (χ1) is 24.6. The molecule has 0 spiro atoms. The van der Waals surface area contributed by atoms with Crippen molar-refractivity contribution >= 4 is 65.9 Å². The van der Waals surface area contributed by atoms with Gasteiger partial charge in [0.25, 0.3) is 0 Å². The van der Waals surface area contributed by atoms with Crippen molar-refractivity contribution in [2.45, 2.75) is 69.9 Å². The Labute approximate surface area is 296 Å². The monoisotopic (exact) mass is 790 g/mol. The predicted molar refractivity (Wildman–Crippen MR) is 175 cm³/mol. The number of ether oxygens (including phenoxy) is 3. The SMILES string of the molecule is CC(C)(C)C(=O)OCSP1(=O)OCC2OC(n3cnc4c(N)ncnc43)C(F)C2OP(=O)(O)OCC2OC(n3cnc4c(N)ncnc43)C(O1)C2O. The number of fused-ring (bicyclic) bond motifs is 5. The lowest BCUT2D eigenvalue weighted by atomic mass is 9.98. The number of nitrogens with two attached hydrogens (primary N) is 2. The molecule has 0 saturated carbocycles. The summed E-state index contributed by atoms with van der Waals surface area (Å²) in [5.41, 5.74) is 11.4. The molecule has 22 nitrogen and oxygen atoms in total. The first-order valence-electron chi connectivity index (χ1n) is 15.4. The fourth-order valence-electron chi connectivity index (χ4n) is 5.61. The molecule has 4 aromatic heterocycles. The van der Waals surface area contributed by atoms with Gasteiger partial charge < -0.3 is 35.7 Å². The minimum Gasteiger partial charge on any atom is -0.454 e. The standard InChI is InChI=1S/C26H33FN10O12P2S/c1-26(2,3)25(39)43-10-52-51(42)45-5-12-17(13(27)23(47-12)36-8-34-14-19(28)30-6-32-21(14)36)48-50(40,41)44-4-11-16(38)18(49-51)24(46-11)37-9-35-15-20(29)31-7-33-22(15)37/h6-9,11-13,16-18,23-24,38H,4-5,10H2,1-3H3,(H,40,41)(H2,28,30,32)(H2,29,31,33). The molecule has 3 aliphatic rings. The van der Waals surface area contributed by atoms with E-state index in [0.717, 1.165) is 12.7 Å². The topological polar surface area (TPSA) is 296 Å². The van der Waals surface area contributed by atoms with E-state index in [1.165, 1.54) is 21.8 Å². The number of hydrogen-bond donors (Lipinski definition) is 4. The van der Waals surface area contributed by atoms with Crippen molar-refractivity contribution in [1.29, 1.82) is 0 Å². The second kappa shape index (κ2) is 13.8. The van der Waals surface area contributed by atoms with Gasteiger partial charge in [-0.25, -0.2) is 43.4 Å². The largest absolute Gasteiger partial charge is 0.472 e. The smallest absolute Gasteiger partial charge is 0.454 e. The molecule has 2 bridgehead atoms. The number of hydrogen-bond acceptors (Lipinski definition) is 20. The number of nitrogens with zero attached hydrogens (tertiary/aromatic N) is 8.